The van der Waals surface area contributed by atoms with Crippen molar-refractivity contribution >= 4 is 6.08 Å². The van der Waals surface area contributed by atoms with Gasteiger partial charge in [0.25, 0.3) is 0 Å². The summed E-state index contributed by atoms with van der Waals surface area (Å²) < 4.78 is 0. The van der Waals surface area contributed by atoms with Gasteiger partial charge in [0.05, 0.1) is 11.7 Å². The Bertz CT molecular complexity index is 497. The van der Waals surface area contributed by atoms with Crippen molar-refractivity contribution in [3.63, 3.8) is 0 Å². The number of azo groups is 1. The van der Waals surface area contributed by atoms with Gasteiger partial charge in [-0.2, -0.15) is 10.2 Å². The van der Waals surface area contributed by atoms with Crippen LogP contribution in [0.2, 0.25) is 0 Å². The number of hydrogen-bond acceptors (Lipinski definition) is 3. The molecule has 0 unspecified atom stereocenters. The third-order valence-electron chi connectivity index (χ3n) is 3.20. The average molecular weight is 244 g/mol. The SMILES string of the molecule is C[C@@H]1N=NC([C@H](O)C(C)(C)C)=Cc2ccccc21. The minimum absolute atomic E-state index is 0.0297. The van der Waals surface area contributed by atoms with Crippen LogP contribution in [0.1, 0.15) is 44.9 Å². The Kier molecular flexibility index (Phi) is 3.35. The lowest BCUT2D eigenvalue weighted by Crippen LogP contribution is -2.27. The molecule has 0 amide bonds. The van der Waals surface area contributed by atoms with Crippen molar-refractivity contribution in [2.24, 2.45) is 15.6 Å². The molecule has 0 spiro atoms. The summed E-state index contributed by atoms with van der Waals surface area (Å²) in [6.45, 7) is 8.00. The van der Waals surface area contributed by atoms with Crippen LogP contribution in [0.3, 0.4) is 0 Å². The van der Waals surface area contributed by atoms with Gasteiger partial charge in [-0.05, 0) is 29.5 Å². The van der Waals surface area contributed by atoms with Crippen molar-refractivity contribution < 1.29 is 5.11 Å². The molecule has 0 aliphatic carbocycles. The lowest BCUT2D eigenvalue weighted by Gasteiger charge is -2.25. The summed E-state index contributed by atoms with van der Waals surface area (Å²) in [4.78, 5) is 0. The Hall–Kier alpha value is -1.48. The average Bonchev–Trinajstić information content (AvgIpc) is 2.47. The van der Waals surface area contributed by atoms with E-state index in [2.05, 4.69) is 16.3 Å². The van der Waals surface area contributed by atoms with Crippen LogP contribution in [0.25, 0.3) is 6.08 Å². The van der Waals surface area contributed by atoms with Gasteiger partial charge in [0, 0.05) is 0 Å². The smallest absolute Gasteiger partial charge is 0.103 e. The standard InChI is InChI=1S/C15H20N2O/c1-10-12-8-6-5-7-11(12)9-13(17-16-10)14(18)15(2,3)4/h5-10,14,18H,1-4H3/t10-,14-/m0/s1. The van der Waals surface area contributed by atoms with Gasteiger partial charge in [0.2, 0.25) is 0 Å². The predicted octanol–water partition coefficient (Wildman–Crippen LogP) is 3.96. The predicted molar refractivity (Wildman–Crippen MR) is 73.2 cm³/mol. The molecule has 1 aliphatic rings. The van der Waals surface area contributed by atoms with Crippen LogP contribution in [0.15, 0.2) is 40.2 Å². The van der Waals surface area contributed by atoms with Crippen LogP contribution < -0.4 is 0 Å². The minimum Gasteiger partial charge on any atom is -0.386 e. The zero-order valence-corrected chi connectivity index (χ0v) is 11.4. The Morgan fingerprint density at radius 2 is 1.89 bits per heavy atom. The Morgan fingerprint density at radius 1 is 1.22 bits per heavy atom. The maximum absolute atomic E-state index is 10.3. The number of fused-ring (bicyclic) bond motifs is 1. The quantitative estimate of drug-likeness (QED) is 0.798. The van der Waals surface area contributed by atoms with Crippen molar-refractivity contribution in [3.05, 3.63) is 41.1 Å². The molecule has 2 rings (SSSR count). The molecular formula is C15H20N2O. The molecule has 1 heterocycles. The molecule has 1 aromatic carbocycles. The van der Waals surface area contributed by atoms with Gasteiger partial charge in [0.1, 0.15) is 6.10 Å². The van der Waals surface area contributed by atoms with Crippen LogP contribution in [0.4, 0.5) is 0 Å². The molecule has 2 atom stereocenters. The Labute approximate surface area is 108 Å². The highest BCUT2D eigenvalue weighted by molar-refractivity contribution is 5.58. The highest BCUT2D eigenvalue weighted by Crippen LogP contribution is 2.32. The van der Waals surface area contributed by atoms with Gasteiger partial charge in [-0.15, -0.1) is 0 Å². The second-order valence-electron chi connectivity index (χ2n) is 5.86. The first-order chi connectivity index (χ1) is 8.39. The third kappa shape index (κ3) is 2.51. The number of aliphatic hydroxyl groups excluding tert-OH is 1. The first kappa shape index (κ1) is 13.0. The van der Waals surface area contributed by atoms with Crippen LogP contribution in [-0.2, 0) is 0 Å². The molecule has 0 aromatic heterocycles. The molecule has 0 saturated carbocycles. The molecule has 1 aromatic rings. The molecule has 3 heteroatoms. The summed E-state index contributed by atoms with van der Waals surface area (Å²) in [6, 6.07) is 8.12. The maximum Gasteiger partial charge on any atom is 0.103 e. The second-order valence-corrected chi connectivity index (χ2v) is 5.86. The zero-order chi connectivity index (χ0) is 13.3. The number of hydrogen-bond donors (Lipinski definition) is 1. The summed E-state index contributed by atoms with van der Waals surface area (Å²) >= 11 is 0. The van der Waals surface area contributed by atoms with Crippen molar-refractivity contribution in [1.82, 2.24) is 0 Å². The summed E-state index contributed by atoms with van der Waals surface area (Å²) in [6.07, 6.45) is 1.33. The number of rotatable bonds is 1. The van der Waals surface area contributed by atoms with E-state index < -0.39 is 6.10 Å². The van der Waals surface area contributed by atoms with E-state index >= 15 is 0 Å². The Balaban J connectivity index is 2.46. The van der Waals surface area contributed by atoms with Gasteiger partial charge in [0.15, 0.2) is 0 Å². The lowest BCUT2D eigenvalue weighted by atomic mass is 9.86. The third-order valence-corrected chi connectivity index (χ3v) is 3.20. The lowest BCUT2D eigenvalue weighted by molar-refractivity contribution is 0.0938. The van der Waals surface area contributed by atoms with Crippen LogP contribution in [0, 0.1) is 5.41 Å². The van der Waals surface area contributed by atoms with Crippen molar-refractivity contribution in [1.29, 1.82) is 0 Å². The zero-order valence-electron chi connectivity index (χ0n) is 11.4. The molecule has 1 N–H and O–H groups in total. The topological polar surface area (TPSA) is 45.0 Å². The van der Waals surface area contributed by atoms with E-state index in [-0.39, 0.29) is 11.5 Å². The number of nitrogens with zero attached hydrogens (tertiary/aromatic N) is 2. The Morgan fingerprint density at radius 3 is 2.56 bits per heavy atom. The van der Waals surface area contributed by atoms with E-state index in [4.69, 9.17) is 0 Å². The molecule has 0 fully saturated rings. The molecule has 3 nitrogen and oxygen atoms in total. The van der Waals surface area contributed by atoms with E-state index in [0.29, 0.717) is 5.70 Å². The molecule has 1 aliphatic heterocycles. The fourth-order valence-corrected chi connectivity index (χ4v) is 2.00. The van der Waals surface area contributed by atoms with E-state index in [1.165, 1.54) is 0 Å². The minimum atomic E-state index is -0.611. The van der Waals surface area contributed by atoms with Crippen LogP contribution >= 0.6 is 0 Å². The van der Waals surface area contributed by atoms with E-state index in [0.717, 1.165) is 11.1 Å². The first-order valence-corrected chi connectivity index (χ1v) is 6.29. The second kappa shape index (κ2) is 4.65. The molecular weight excluding hydrogens is 224 g/mol. The highest BCUT2D eigenvalue weighted by atomic mass is 16.3. The van der Waals surface area contributed by atoms with Gasteiger partial charge < -0.3 is 5.11 Å². The largest absolute Gasteiger partial charge is 0.386 e. The van der Waals surface area contributed by atoms with Crippen LogP contribution in [0.5, 0.6) is 0 Å². The summed E-state index contributed by atoms with van der Waals surface area (Å²) in [5, 5.41) is 18.8. The van der Waals surface area contributed by atoms with E-state index in [1.807, 2.05) is 52.0 Å². The number of aliphatic hydroxyl groups is 1. The maximum atomic E-state index is 10.3. The van der Waals surface area contributed by atoms with Gasteiger partial charge in [-0.3, -0.25) is 0 Å². The monoisotopic (exact) mass is 244 g/mol. The highest BCUT2D eigenvalue weighted by Gasteiger charge is 2.27. The summed E-state index contributed by atoms with van der Waals surface area (Å²) in [5.74, 6) is 0. The fourth-order valence-electron chi connectivity index (χ4n) is 2.00. The van der Waals surface area contributed by atoms with E-state index in [1.54, 1.807) is 0 Å². The molecule has 18 heavy (non-hydrogen) atoms. The summed E-state index contributed by atoms with van der Waals surface area (Å²) in [5.41, 5.74) is 2.64. The van der Waals surface area contributed by atoms with Gasteiger partial charge in [-0.25, -0.2) is 0 Å². The fraction of sp³-hybridized carbons (Fsp3) is 0.467. The normalized spacial score (nSPS) is 20.9. The van der Waals surface area contributed by atoms with Crippen molar-refractivity contribution in [2.75, 3.05) is 0 Å². The van der Waals surface area contributed by atoms with Crippen molar-refractivity contribution in [3.8, 4) is 0 Å². The van der Waals surface area contributed by atoms with Gasteiger partial charge in [-0.1, -0.05) is 45.0 Å². The molecule has 0 saturated heterocycles. The molecule has 96 valence electrons. The van der Waals surface area contributed by atoms with E-state index in [9.17, 15) is 5.11 Å². The first-order valence-electron chi connectivity index (χ1n) is 6.29. The molecule has 0 bridgehead atoms. The van der Waals surface area contributed by atoms with Gasteiger partial charge >= 0.3 is 0 Å². The van der Waals surface area contributed by atoms with Crippen LogP contribution in [-0.4, -0.2) is 11.2 Å². The molecule has 0 radical (unpaired) electrons. The number of benzene rings is 1. The summed E-state index contributed by atoms with van der Waals surface area (Å²) in [7, 11) is 0. The van der Waals surface area contributed by atoms with Crippen molar-refractivity contribution in [2.45, 2.75) is 39.8 Å².